The van der Waals surface area contributed by atoms with E-state index in [1.165, 1.54) is 6.07 Å². The summed E-state index contributed by atoms with van der Waals surface area (Å²) >= 11 is 0. The Hall–Kier alpha value is -2.79. The third-order valence-corrected chi connectivity index (χ3v) is 5.97. The van der Waals surface area contributed by atoms with Crippen LogP contribution in [0.1, 0.15) is 48.1 Å². The molecule has 0 radical (unpaired) electrons. The lowest BCUT2D eigenvalue weighted by molar-refractivity contribution is -0.142. The predicted octanol–water partition coefficient (Wildman–Crippen LogP) is 5.52. The Morgan fingerprint density at radius 2 is 1.83 bits per heavy atom. The Kier molecular flexibility index (Phi) is 7.71. The highest BCUT2D eigenvalue weighted by molar-refractivity contribution is 5.67. The molecule has 1 fully saturated rings. The third kappa shape index (κ3) is 7.11. The van der Waals surface area contributed by atoms with Crippen molar-refractivity contribution in [3.63, 3.8) is 0 Å². The van der Waals surface area contributed by atoms with Gasteiger partial charge in [0.05, 0.1) is 30.3 Å². The van der Waals surface area contributed by atoms with Crippen molar-refractivity contribution >= 4 is 5.97 Å². The van der Waals surface area contributed by atoms with Crippen LogP contribution in [-0.2, 0) is 23.7 Å². The Bertz CT molecular complexity index is 1060. The van der Waals surface area contributed by atoms with E-state index in [-0.39, 0.29) is 13.2 Å². The molecule has 2 aromatic rings. The number of nitrogens with zero attached hydrogens (tertiary/aromatic N) is 1. The number of benzene rings is 2. The highest BCUT2D eigenvalue weighted by Crippen LogP contribution is 2.38. The average molecular weight is 505 g/mol. The van der Waals surface area contributed by atoms with E-state index in [0.29, 0.717) is 49.0 Å². The summed E-state index contributed by atoms with van der Waals surface area (Å²) in [5, 5.41) is 18.8. The van der Waals surface area contributed by atoms with E-state index in [4.69, 9.17) is 9.84 Å². The molecule has 2 aromatic carbocycles. The number of aliphatic hydroxyl groups excluding tert-OH is 1. The molecule has 35 heavy (non-hydrogen) atoms. The van der Waals surface area contributed by atoms with E-state index in [1.807, 2.05) is 6.92 Å². The molecule has 2 N–H and O–H groups in total. The molecule has 2 atom stereocenters. The molecular weight excluding hydrogens is 480 g/mol. The summed E-state index contributed by atoms with van der Waals surface area (Å²) in [7, 11) is 0. The number of aliphatic carboxylic acids is 1. The maximum Gasteiger partial charge on any atom is 0.416 e. The largest absolute Gasteiger partial charge is 0.493 e. The highest BCUT2D eigenvalue weighted by atomic mass is 19.4. The molecule has 11 heteroatoms. The average Bonchev–Trinajstić information content (AvgIpc) is 3.11. The van der Waals surface area contributed by atoms with Crippen molar-refractivity contribution < 1.29 is 46.1 Å². The van der Waals surface area contributed by atoms with Gasteiger partial charge in [-0.3, -0.25) is 9.69 Å². The van der Waals surface area contributed by atoms with Crippen molar-refractivity contribution in [2.45, 2.75) is 44.8 Å². The van der Waals surface area contributed by atoms with Crippen molar-refractivity contribution in [3.05, 3.63) is 64.7 Å². The van der Waals surface area contributed by atoms with Crippen LogP contribution in [0.5, 0.6) is 5.75 Å². The quantitative estimate of drug-likeness (QED) is 0.463. The number of carbonyl (C=O) groups is 1. The Morgan fingerprint density at radius 3 is 2.46 bits per heavy atom. The van der Waals surface area contributed by atoms with Crippen LogP contribution in [-0.4, -0.2) is 40.8 Å². The SMILES string of the molecule is CC1(COc2cccc([C@H](O)CC(=O)O)c2)CCN(Cc2cc(C(F)(F)F)ccc2C(F)(F)F)C1. The van der Waals surface area contributed by atoms with Crippen LogP contribution in [0.2, 0.25) is 0 Å². The molecular formula is C24H25F6NO4. The van der Waals surface area contributed by atoms with Crippen LogP contribution >= 0.6 is 0 Å². The fourth-order valence-corrected chi connectivity index (χ4v) is 4.15. The normalized spacial score (nSPS) is 20.1. The smallest absolute Gasteiger partial charge is 0.416 e. The maximum atomic E-state index is 13.4. The zero-order chi connectivity index (χ0) is 26.0. The van der Waals surface area contributed by atoms with Crippen molar-refractivity contribution in [1.82, 2.24) is 4.90 Å². The van der Waals surface area contributed by atoms with Crippen LogP contribution in [0.25, 0.3) is 0 Å². The van der Waals surface area contributed by atoms with Gasteiger partial charge in [0.1, 0.15) is 5.75 Å². The minimum absolute atomic E-state index is 0.177. The van der Waals surface area contributed by atoms with Gasteiger partial charge in [0.15, 0.2) is 0 Å². The van der Waals surface area contributed by atoms with Crippen molar-refractivity contribution in [3.8, 4) is 5.75 Å². The number of carboxylic acid groups (broad SMARTS) is 1. The number of halogens is 6. The number of alkyl halides is 6. The van der Waals surface area contributed by atoms with Crippen molar-refractivity contribution in [2.24, 2.45) is 5.41 Å². The van der Waals surface area contributed by atoms with Crippen LogP contribution in [0.15, 0.2) is 42.5 Å². The monoisotopic (exact) mass is 505 g/mol. The second kappa shape index (κ2) is 10.1. The summed E-state index contributed by atoms with van der Waals surface area (Å²) in [6.45, 7) is 2.45. The van der Waals surface area contributed by atoms with E-state index in [1.54, 1.807) is 23.1 Å². The minimum Gasteiger partial charge on any atom is -0.493 e. The van der Waals surface area contributed by atoms with Gasteiger partial charge in [0, 0.05) is 18.5 Å². The lowest BCUT2D eigenvalue weighted by Crippen LogP contribution is -2.30. The molecule has 0 aliphatic carbocycles. The minimum atomic E-state index is -4.78. The fourth-order valence-electron chi connectivity index (χ4n) is 4.15. The molecule has 0 aromatic heterocycles. The summed E-state index contributed by atoms with van der Waals surface area (Å²) in [5.41, 5.74) is -2.76. The topological polar surface area (TPSA) is 70.0 Å². The van der Waals surface area contributed by atoms with E-state index < -0.39 is 53.0 Å². The first kappa shape index (κ1) is 26.8. The summed E-state index contributed by atoms with van der Waals surface area (Å²) < 4.78 is 85.3. The van der Waals surface area contributed by atoms with Gasteiger partial charge < -0.3 is 14.9 Å². The molecule has 0 saturated carbocycles. The number of hydrogen-bond donors (Lipinski definition) is 2. The number of carboxylic acids is 1. The zero-order valence-corrected chi connectivity index (χ0v) is 18.8. The molecule has 1 aliphatic heterocycles. The van der Waals surface area contributed by atoms with Gasteiger partial charge in [-0.25, -0.2) is 0 Å². The maximum absolute atomic E-state index is 13.4. The number of rotatable bonds is 8. The zero-order valence-electron chi connectivity index (χ0n) is 18.8. The van der Waals surface area contributed by atoms with Gasteiger partial charge in [-0.1, -0.05) is 19.1 Å². The molecule has 0 spiro atoms. The summed E-state index contributed by atoms with van der Waals surface area (Å²) in [5.74, 6) is -0.763. The van der Waals surface area contributed by atoms with Crippen LogP contribution in [0.3, 0.4) is 0 Å². The second-order valence-corrected chi connectivity index (χ2v) is 9.11. The second-order valence-electron chi connectivity index (χ2n) is 9.11. The van der Waals surface area contributed by atoms with Crippen molar-refractivity contribution in [1.29, 1.82) is 0 Å². The molecule has 3 rings (SSSR count). The van der Waals surface area contributed by atoms with Gasteiger partial charge >= 0.3 is 18.3 Å². The van der Waals surface area contributed by atoms with Gasteiger partial charge in [0.2, 0.25) is 0 Å². The van der Waals surface area contributed by atoms with Gasteiger partial charge in [-0.15, -0.1) is 0 Å². The molecule has 1 unspecified atom stereocenters. The van der Waals surface area contributed by atoms with Gasteiger partial charge in [0.25, 0.3) is 0 Å². The Balaban J connectivity index is 1.68. The molecule has 0 bridgehead atoms. The number of ether oxygens (including phenoxy) is 1. The third-order valence-electron chi connectivity index (χ3n) is 5.97. The molecule has 0 amide bonds. The molecule has 192 valence electrons. The van der Waals surface area contributed by atoms with E-state index in [9.17, 15) is 36.2 Å². The summed E-state index contributed by atoms with van der Waals surface area (Å²) in [6.07, 6.45) is -10.6. The summed E-state index contributed by atoms with van der Waals surface area (Å²) in [4.78, 5) is 12.5. The highest BCUT2D eigenvalue weighted by Gasteiger charge is 2.39. The Morgan fingerprint density at radius 1 is 1.11 bits per heavy atom. The number of hydrogen-bond acceptors (Lipinski definition) is 4. The van der Waals surface area contributed by atoms with Gasteiger partial charge in [-0.2, -0.15) is 26.3 Å². The van der Waals surface area contributed by atoms with Crippen LogP contribution < -0.4 is 4.74 Å². The molecule has 1 aliphatic rings. The number of aliphatic hydroxyl groups is 1. The van der Waals surface area contributed by atoms with E-state index >= 15 is 0 Å². The van der Waals surface area contributed by atoms with Crippen molar-refractivity contribution in [2.75, 3.05) is 19.7 Å². The summed E-state index contributed by atoms with van der Waals surface area (Å²) in [6, 6.07) is 7.78. The first-order valence-electron chi connectivity index (χ1n) is 10.8. The van der Waals surface area contributed by atoms with Gasteiger partial charge in [-0.05, 0) is 54.4 Å². The molecule has 5 nitrogen and oxygen atoms in total. The Labute approximate surface area is 197 Å². The predicted molar refractivity (Wildman–Crippen MR) is 114 cm³/mol. The first-order valence-corrected chi connectivity index (χ1v) is 10.8. The lowest BCUT2D eigenvalue weighted by Gasteiger charge is -2.26. The van der Waals surface area contributed by atoms with Crippen LogP contribution in [0.4, 0.5) is 26.3 Å². The van der Waals surface area contributed by atoms with E-state index in [0.717, 1.165) is 0 Å². The standard InChI is InChI=1S/C24H25F6NO4/c1-22(14-35-18-4-2-3-15(10-18)20(32)11-21(33)34)7-8-31(13-22)12-16-9-17(23(25,26)27)5-6-19(16)24(28,29)30/h2-6,9-10,20,32H,7-8,11-14H2,1H3,(H,33,34)/t20-,22?/m1/s1. The van der Waals surface area contributed by atoms with Crippen LogP contribution in [0, 0.1) is 5.41 Å². The molecule has 1 saturated heterocycles. The van der Waals surface area contributed by atoms with E-state index in [2.05, 4.69) is 0 Å². The lowest BCUT2D eigenvalue weighted by atomic mass is 9.91. The number of likely N-dealkylation sites (tertiary alicyclic amines) is 1. The first-order chi connectivity index (χ1) is 16.2. The molecule has 1 heterocycles. The fraction of sp³-hybridized carbons (Fsp3) is 0.458.